The number of nitrogens with one attached hydrogen (secondary N) is 2. The molecule has 0 bridgehead atoms. The van der Waals surface area contributed by atoms with Crippen molar-refractivity contribution in [1.29, 1.82) is 0 Å². The molecule has 0 spiro atoms. The van der Waals surface area contributed by atoms with Crippen LogP contribution in [0.3, 0.4) is 0 Å². The highest BCUT2D eigenvalue weighted by atomic mass is 16.5. The van der Waals surface area contributed by atoms with Gasteiger partial charge in [0.1, 0.15) is 6.23 Å². The van der Waals surface area contributed by atoms with E-state index >= 15 is 0 Å². The molecule has 0 amide bonds. The van der Waals surface area contributed by atoms with E-state index in [9.17, 15) is 0 Å². The van der Waals surface area contributed by atoms with Gasteiger partial charge < -0.3 is 15.8 Å². The van der Waals surface area contributed by atoms with Gasteiger partial charge >= 0.3 is 0 Å². The molecule has 4 nitrogen and oxygen atoms in total. The van der Waals surface area contributed by atoms with Crippen molar-refractivity contribution in [1.82, 2.24) is 10.6 Å². The lowest BCUT2D eigenvalue weighted by molar-refractivity contribution is -0.119. The first kappa shape index (κ1) is 25.5. The van der Waals surface area contributed by atoms with E-state index in [2.05, 4.69) is 45.3 Å². The molecule has 0 aromatic carbocycles. The Hall–Kier alpha value is -0.160. The molecular formula is C30H55N3O. The zero-order chi connectivity index (χ0) is 24.1. The Morgan fingerprint density at radius 2 is 1.79 bits per heavy atom. The molecular weight excluding hydrogens is 418 g/mol. The second kappa shape index (κ2) is 9.95. The summed E-state index contributed by atoms with van der Waals surface area (Å²) in [4.78, 5) is 0. The first-order valence-corrected chi connectivity index (χ1v) is 15.1. The standard InChI is InChI=1S/C30H55N3O/c1-6-19(2)18-33-28-20(3)27-26(34-28)17-25-23-9-8-21-16-22(32-15-7-14-31)10-12-29(21,4)24(23)11-13-30(25,27)5/h19-28,32-33H,6-18,31H2,1-5H3/t19-,20?,21?,22?,23+,24?,25?,26?,27?,28-,29-,30-/m0/s1. The van der Waals surface area contributed by atoms with Crippen molar-refractivity contribution in [2.45, 2.75) is 117 Å². The second-order valence-electron chi connectivity index (χ2n) is 13.9. The summed E-state index contributed by atoms with van der Waals surface area (Å²) in [5.74, 6) is 5.82. The fourth-order valence-electron chi connectivity index (χ4n) is 10.2. The summed E-state index contributed by atoms with van der Waals surface area (Å²) >= 11 is 0. The summed E-state index contributed by atoms with van der Waals surface area (Å²) in [6.45, 7) is 15.5. The second-order valence-corrected chi connectivity index (χ2v) is 13.9. The molecule has 5 aliphatic rings. The topological polar surface area (TPSA) is 59.3 Å². The van der Waals surface area contributed by atoms with Crippen molar-refractivity contribution in [2.24, 2.45) is 58.0 Å². The number of ether oxygens (including phenoxy) is 1. The molecule has 0 aromatic rings. The minimum Gasteiger partial charge on any atom is -0.360 e. The van der Waals surface area contributed by atoms with E-state index in [0.717, 1.165) is 67.6 Å². The monoisotopic (exact) mass is 473 g/mol. The van der Waals surface area contributed by atoms with Gasteiger partial charge in [0.2, 0.25) is 0 Å². The van der Waals surface area contributed by atoms with Gasteiger partial charge in [0.15, 0.2) is 0 Å². The van der Waals surface area contributed by atoms with Crippen LogP contribution in [0.25, 0.3) is 0 Å². The molecule has 4 N–H and O–H groups in total. The minimum atomic E-state index is 0.273. The van der Waals surface area contributed by atoms with Crippen LogP contribution in [0, 0.1) is 52.3 Å². The zero-order valence-corrected chi connectivity index (χ0v) is 23.0. The third kappa shape index (κ3) is 4.21. The Kier molecular flexibility index (Phi) is 7.46. The molecule has 0 radical (unpaired) electrons. The van der Waals surface area contributed by atoms with Crippen molar-refractivity contribution < 1.29 is 4.74 Å². The summed E-state index contributed by atoms with van der Waals surface area (Å²) in [5.41, 5.74) is 6.79. The highest BCUT2D eigenvalue weighted by molar-refractivity contribution is 5.14. The van der Waals surface area contributed by atoms with Gasteiger partial charge in [-0.15, -0.1) is 0 Å². The summed E-state index contributed by atoms with van der Waals surface area (Å²) < 4.78 is 6.79. The minimum absolute atomic E-state index is 0.273. The predicted octanol–water partition coefficient (Wildman–Crippen LogP) is 5.56. The maximum absolute atomic E-state index is 6.79. The van der Waals surface area contributed by atoms with Gasteiger partial charge in [-0.1, -0.05) is 41.0 Å². The van der Waals surface area contributed by atoms with Crippen LogP contribution in [-0.2, 0) is 4.74 Å². The quantitative estimate of drug-likeness (QED) is 0.404. The Bertz CT molecular complexity index is 701. The van der Waals surface area contributed by atoms with Gasteiger partial charge in [0.05, 0.1) is 6.10 Å². The average molecular weight is 474 g/mol. The normalized spacial score (nSPS) is 50.8. The van der Waals surface area contributed by atoms with Crippen molar-refractivity contribution in [3.8, 4) is 0 Å². The van der Waals surface area contributed by atoms with Gasteiger partial charge in [-0.3, -0.25) is 5.32 Å². The van der Waals surface area contributed by atoms with Crippen molar-refractivity contribution in [3.05, 3.63) is 0 Å². The van der Waals surface area contributed by atoms with E-state index in [4.69, 9.17) is 10.5 Å². The molecule has 1 aliphatic heterocycles. The number of fused-ring (bicyclic) bond motifs is 7. The fourth-order valence-corrected chi connectivity index (χ4v) is 10.2. The van der Waals surface area contributed by atoms with Crippen molar-refractivity contribution in [2.75, 3.05) is 19.6 Å². The van der Waals surface area contributed by atoms with Crippen LogP contribution >= 0.6 is 0 Å². The SMILES string of the molecule is CC[C@H](C)CN[C@H]1OC2CC3[C@@H]4CCC5CC(NCCCN)CC[C@]5(C)C4CC[C@]3(C)C2C1C. The molecule has 34 heavy (non-hydrogen) atoms. The largest absolute Gasteiger partial charge is 0.360 e. The lowest BCUT2D eigenvalue weighted by Crippen LogP contribution is -2.55. The van der Waals surface area contributed by atoms with Crippen molar-refractivity contribution >= 4 is 0 Å². The third-order valence-electron chi connectivity index (χ3n) is 12.3. The molecule has 7 unspecified atom stereocenters. The lowest BCUT2D eigenvalue weighted by atomic mass is 9.44. The van der Waals surface area contributed by atoms with Crippen LogP contribution in [0.5, 0.6) is 0 Å². The van der Waals surface area contributed by atoms with E-state index in [0.29, 0.717) is 22.9 Å². The van der Waals surface area contributed by atoms with E-state index < -0.39 is 0 Å². The van der Waals surface area contributed by atoms with Gasteiger partial charge in [0, 0.05) is 18.5 Å². The van der Waals surface area contributed by atoms with Gasteiger partial charge in [-0.05, 0) is 117 Å². The van der Waals surface area contributed by atoms with Gasteiger partial charge in [-0.2, -0.15) is 0 Å². The van der Waals surface area contributed by atoms with E-state index in [-0.39, 0.29) is 6.23 Å². The highest BCUT2D eigenvalue weighted by Gasteiger charge is 2.65. The molecule has 4 saturated carbocycles. The number of nitrogens with two attached hydrogens (primary N) is 1. The predicted molar refractivity (Wildman–Crippen MR) is 141 cm³/mol. The molecule has 12 atom stereocenters. The molecule has 5 fully saturated rings. The smallest absolute Gasteiger partial charge is 0.111 e. The van der Waals surface area contributed by atoms with Crippen LogP contribution in [0.4, 0.5) is 0 Å². The van der Waals surface area contributed by atoms with Crippen LogP contribution in [0.1, 0.15) is 98.8 Å². The van der Waals surface area contributed by atoms with Gasteiger partial charge in [0.25, 0.3) is 0 Å². The lowest BCUT2D eigenvalue weighted by Gasteiger charge is -2.61. The van der Waals surface area contributed by atoms with E-state index in [1.807, 2.05) is 0 Å². The first-order valence-electron chi connectivity index (χ1n) is 15.1. The zero-order valence-electron chi connectivity index (χ0n) is 23.0. The van der Waals surface area contributed by atoms with E-state index in [1.165, 1.54) is 57.8 Å². The number of hydrogen-bond donors (Lipinski definition) is 3. The molecule has 4 aliphatic carbocycles. The molecule has 0 aromatic heterocycles. The summed E-state index contributed by atoms with van der Waals surface area (Å²) in [7, 11) is 0. The van der Waals surface area contributed by atoms with Gasteiger partial charge in [-0.25, -0.2) is 0 Å². The maximum Gasteiger partial charge on any atom is 0.111 e. The highest BCUT2D eigenvalue weighted by Crippen LogP contribution is 2.69. The Balaban J connectivity index is 1.25. The van der Waals surface area contributed by atoms with E-state index in [1.54, 1.807) is 0 Å². The van der Waals surface area contributed by atoms with Crippen molar-refractivity contribution in [3.63, 3.8) is 0 Å². The van der Waals surface area contributed by atoms with Crippen LogP contribution < -0.4 is 16.4 Å². The molecule has 196 valence electrons. The molecule has 4 heteroatoms. The Labute approximate surface area is 210 Å². The maximum atomic E-state index is 6.79. The Morgan fingerprint density at radius 3 is 2.56 bits per heavy atom. The summed E-state index contributed by atoms with van der Waals surface area (Å²) in [6.07, 6.45) is 14.5. The van der Waals surface area contributed by atoms with Crippen LogP contribution in [0.15, 0.2) is 0 Å². The molecule has 1 heterocycles. The molecule has 5 rings (SSSR count). The number of rotatable bonds is 8. The number of hydrogen-bond acceptors (Lipinski definition) is 4. The third-order valence-corrected chi connectivity index (χ3v) is 12.3. The summed E-state index contributed by atoms with van der Waals surface area (Å²) in [5, 5.41) is 7.65. The first-order chi connectivity index (χ1) is 16.3. The fraction of sp³-hybridized carbons (Fsp3) is 1.00. The summed E-state index contributed by atoms with van der Waals surface area (Å²) in [6, 6.07) is 0.731. The Morgan fingerprint density at radius 1 is 1.00 bits per heavy atom. The van der Waals surface area contributed by atoms with Crippen LogP contribution in [0.2, 0.25) is 0 Å². The van der Waals surface area contributed by atoms with Crippen LogP contribution in [-0.4, -0.2) is 38.0 Å². The molecule has 1 saturated heterocycles. The average Bonchev–Trinajstić information content (AvgIpc) is 3.30.